The molecule has 0 aromatic heterocycles. The molecule has 19 heavy (non-hydrogen) atoms. The Hall–Kier alpha value is -1.79. The number of ether oxygens (including phenoxy) is 1. The summed E-state index contributed by atoms with van der Waals surface area (Å²) in [6.07, 6.45) is 0.192. The van der Waals surface area contributed by atoms with E-state index in [1.54, 1.807) is 12.1 Å². The first kappa shape index (κ1) is 15.3. The van der Waals surface area contributed by atoms with Crippen LogP contribution in [0.1, 0.15) is 16.8 Å². The average molecular weight is 288 g/mol. The third-order valence-electron chi connectivity index (χ3n) is 2.79. The van der Waals surface area contributed by atoms with Crippen molar-refractivity contribution in [2.24, 2.45) is 0 Å². The topological polar surface area (TPSA) is 95.9 Å². The number of rotatable bonds is 4. The largest absolute Gasteiger partial charge is 0.489 e. The number of aromatic carboxylic acids is 1. The molecule has 1 aliphatic rings. The van der Waals surface area contributed by atoms with Gasteiger partial charge in [-0.2, -0.15) is 0 Å². The molecule has 1 aliphatic heterocycles. The lowest BCUT2D eigenvalue weighted by Gasteiger charge is -2.12. The molecule has 0 saturated carbocycles. The number of nitrogens with one attached hydrogen (secondary N) is 1. The van der Waals surface area contributed by atoms with Crippen LogP contribution < -0.4 is 10.1 Å². The number of carboxylic acids is 2. The van der Waals surface area contributed by atoms with Crippen LogP contribution in [0.3, 0.4) is 0 Å². The van der Waals surface area contributed by atoms with Crippen LogP contribution in [0, 0.1) is 0 Å². The molecule has 1 fully saturated rings. The molecule has 0 amide bonds. The lowest BCUT2D eigenvalue weighted by atomic mass is 10.2. The van der Waals surface area contributed by atoms with Gasteiger partial charge in [-0.15, -0.1) is 12.4 Å². The van der Waals surface area contributed by atoms with E-state index in [4.69, 9.17) is 14.9 Å². The fourth-order valence-corrected chi connectivity index (χ4v) is 1.85. The van der Waals surface area contributed by atoms with E-state index in [2.05, 4.69) is 5.32 Å². The Balaban J connectivity index is 0.00000180. The van der Waals surface area contributed by atoms with Crippen LogP contribution in [0.2, 0.25) is 0 Å². The summed E-state index contributed by atoms with van der Waals surface area (Å²) in [5.74, 6) is -1.34. The van der Waals surface area contributed by atoms with Crippen molar-refractivity contribution in [3.05, 3.63) is 29.8 Å². The summed E-state index contributed by atoms with van der Waals surface area (Å²) in [6, 6.07) is 5.46. The molecular weight excluding hydrogens is 274 g/mol. The summed E-state index contributed by atoms with van der Waals surface area (Å²) in [5, 5.41) is 20.4. The Labute approximate surface area is 115 Å². The molecular formula is C12H14ClNO5. The molecule has 1 heterocycles. The Morgan fingerprint density at radius 2 is 1.84 bits per heavy atom. The number of carboxylic acid groups (broad SMARTS) is 2. The van der Waals surface area contributed by atoms with Gasteiger partial charge in [0.2, 0.25) is 0 Å². The Morgan fingerprint density at radius 3 is 2.32 bits per heavy atom. The van der Waals surface area contributed by atoms with Gasteiger partial charge in [-0.1, -0.05) is 0 Å². The van der Waals surface area contributed by atoms with Crippen LogP contribution in [0.4, 0.5) is 0 Å². The van der Waals surface area contributed by atoms with Gasteiger partial charge in [0, 0.05) is 13.0 Å². The quantitative estimate of drug-likeness (QED) is 0.764. The van der Waals surface area contributed by atoms with Crippen molar-refractivity contribution in [2.75, 3.05) is 6.54 Å². The summed E-state index contributed by atoms with van der Waals surface area (Å²) >= 11 is 0. The molecule has 104 valence electrons. The van der Waals surface area contributed by atoms with Crippen LogP contribution in [-0.2, 0) is 4.79 Å². The second-order valence-corrected chi connectivity index (χ2v) is 4.10. The first-order chi connectivity index (χ1) is 8.56. The fraction of sp³-hybridized carbons (Fsp3) is 0.333. The molecule has 0 radical (unpaired) electrons. The molecule has 0 unspecified atom stereocenters. The second-order valence-electron chi connectivity index (χ2n) is 4.10. The van der Waals surface area contributed by atoms with Gasteiger partial charge in [-0.3, -0.25) is 4.79 Å². The first-order valence-electron chi connectivity index (χ1n) is 5.52. The molecule has 2 rings (SSSR count). The Bertz CT molecular complexity index is 462. The van der Waals surface area contributed by atoms with Crippen LogP contribution in [-0.4, -0.2) is 40.8 Å². The number of hydrogen-bond donors (Lipinski definition) is 3. The first-order valence-corrected chi connectivity index (χ1v) is 5.52. The maximum atomic E-state index is 10.7. The van der Waals surface area contributed by atoms with E-state index in [0.717, 1.165) is 0 Å². The van der Waals surface area contributed by atoms with Gasteiger partial charge in [-0.25, -0.2) is 4.79 Å². The third kappa shape index (κ3) is 3.84. The van der Waals surface area contributed by atoms with Crippen LogP contribution in [0.5, 0.6) is 5.75 Å². The van der Waals surface area contributed by atoms with Crippen molar-refractivity contribution in [1.29, 1.82) is 0 Å². The summed E-state index contributed by atoms with van der Waals surface area (Å²) in [7, 11) is 0. The maximum Gasteiger partial charge on any atom is 0.335 e. The van der Waals surface area contributed by atoms with Crippen molar-refractivity contribution in [3.63, 3.8) is 0 Å². The standard InChI is InChI=1S/C12H13NO5.ClH/c14-11(15)7-1-3-8(4-2-7)18-9-5-10(12(16)17)13-6-9;/h1-4,9-10,13H,5-6H2,(H,14,15)(H,16,17);1H/t9-,10+;/m1./s1. The van der Waals surface area contributed by atoms with Gasteiger partial charge < -0.3 is 20.3 Å². The zero-order valence-electron chi connectivity index (χ0n) is 9.91. The van der Waals surface area contributed by atoms with E-state index in [1.807, 2.05) is 0 Å². The smallest absolute Gasteiger partial charge is 0.335 e. The SMILES string of the molecule is Cl.O=C(O)c1ccc(O[C@H]2CN[C@H](C(=O)O)C2)cc1. The minimum Gasteiger partial charge on any atom is -0.489 e. The minimum absolute atomic E-state index is 0. The molecule has 2 atom stereocenters. The van der Waals surface area contributed by atoms with Crippen LogP contribution in [0.25, 0.3) is 0 Å². The van der Waals surface area contributed by atoms with Gasteiger partial charge in [0.1, 0.15) is 17.9 Å². The van der Waals surface area contributed by atoms with Crippen molar-refractivity contribution >= 4 is 24.3 Å². The van der Waals surface area contributed by atoms with E-state index < -0.39 is 18.0 Å². The molecule has 0 spiro atoms. The van der Waals surface area contributed by atoms with Gasteiger partial charge in [0.25, 0.3) is 0 Å². The average Bonchev–Trinajstić information content (AvgIpc) is 2.78. The van der Waals surface area contributed by atoms with Gasteiger partial charge in [0.15, 0.2) is 0 Å². The highest BCUT2D eigenvalue weighted by Crippen LogP contribution is 2.18. The number of hydrogen-bond acceptors (Lipinski definition) is 4. The number of benzene rings is 1. The zero-order chi connectivity index (χ0) is 13.1. The van der Waals surface area contributed by atoms with Crippen molar-refractivity contribution < 1.29 is 24.5 Å². The highest BCUT2D eigenvalue weighted by molar-refractivity contribution is 5.87. The minimum atomic E-state index is -0.991. The molecule has 1 saturated heterocycles. The number of halogens is 1. The predicted octanol–water partition coefficient (Wildman–Crippen LogP) is 1.00. The van der Waals surface area contributed by atoms with Gasteiger partial charge in [0.05, 0.1) is 5.56 Å². The van der Waals surface area contributed by atoms with E-state index in [1.165, 1.54) is 12.1 Å². The van der Waals surface area contributed by atoms with Crippen molar-refractivity contribution in [1.82, 2.24) is 5.32 Å². The van der Waals surface area contributed by atoms with E-state index in [-0.39, 0.29) is 24.1 Å². The molecule has 1 aromatic carbocycles. The number of aliphatic carboxylic acids is 1. The predicted molar refractivity (Wildman–Crippen MR) is 69.1 cm³/mol. The van der Waals surface area contributed by atoms with Gasteiger partial charge in [-0.05, 0) is 24.3 Å². The van der Waals surface area contributed by atoms with Crippen molar-refractivity contribution in [3.8, 4) is 5.75 Å². The van der Waals surface area contributed by atoms with E-state index in [9.17, 15) is 9.59 Å². The normalized spacial score (nSPS) is 21.5. The summed E-state index contributed by atoms with van der Waals surface area (Å²) < 4.78 is 5.57. The summed E-state index contributed by atoms with van der Waals surface area (Å²) in [4.78, 5) is 21.4. The van der Waals surface area contributed by atoms with Gasteiger partial charge >= 0.3 is 11.9 Å². The number of carbonyl (C=O) groups is 2. The molecule has 6 nitrogen and oxygen atoms in total. The Kier molecular flexibility index (Phi) is 5.14. The molecule has 7 heteroatoms. The van der Waals surface area contributed by atoms with Crippen LogP contribution >= 0.6 is 12.4 Å². The molecule has 0 aliphatic carbocycles. The summed E-state index contributed by atoms with van der Waals surface area (Å²) in [6.45, 7) is 0.470. The molecule has 3 N–H and O–H groups in total. The lowest BCUT2D eigenvalue weighted by molar-refractivity contribution is -0.139. The van der Waals surface area contributed by atoms with Crippen molar-refractivity contribution in [2.45, 2.75) is 18.6 Å². The molecule has 0 bridgehead atoms. The highest BCUT2D eigenvalue weighted by Gasteiger charge is 2.30. The third-order valence-corrected chi connectivity index (χ3v) is 2.79. The van der Waals surface area contributed by atoms with E-state index in [0.29, 0.717) is 18.7 Å². The maximum absolute atomic E-state index is 10.7. The lowest BCUT2D eigenvalue weighted by Crippen LogP contribution is -2.30. The zero-order valence-corrected chi connectivity index (χ0v) is 10.7. The second kappa shape index (κ2) is 6.40. The van der Waals surface area contributed by atoms with E-state index >= 15 is 0 Å². The molecule has 1 aromatic rings. The Morgan fingerprint density at radius 1 is 1.21 bits per heavy atom. The monoisotopic (exact) mass is 287 g/mol. The summed E-state index contributed by atoms with van der Waals surface area (Å²) in [5.41, 5.74) is 0.190. The van der Waals surface area contributed by atoms with Crippen LogP contribution in [0.15, 0.2) is 24.3 Å². The fourth-order valence-electron chi connectivity index (χ4n) is 1.85. The highest BCUT2D eigenvalue weighted by atomic mass is 35.5.